The molecule has 0 spiro atoms. The molecule has 1 fully saturated rings. The zero-order chi connectivity index (χ0) is 13.0. The van der Waals surface area contributed by atoms with Gasteiger partial charge in [0.25, 0.3) is 5.91 Å². The van der Waals surface area contributed by atoms with Gasteiger partial charge < -0.3 is 15.7 Å². The highest BCUT2D eigenvalue weighted by Gasteiger charge is 2.25. The standard InChI is InChI=1S/C12H19N3O2S/c13-6-11-14-10(8-18-11)12(17)15-4-1-2-9(7-15)3-5-16/h8-9,16H,1-7,13H2. The number of aromatic nitrogens is 1. The van der Waals surface area contributed by atoms with E-state index in [4.69, 9.17) is 10.8 Å². The molecule has 2 rings (SSSR count). The van der Waals surface area contributed by atoms with Crippen molar-refractivity contribution >= 4 is 17.2 Å². The Labute approximate surface area is 111 Å². The van der Waals surface area contributed by atoms with E-state index in [1.165, 1.54) is 11.3 Å². The average Bonchev–Trinajstić information content (AvgIpc) is 2.87. The van der Waals surface area contributed by atoms with Crippen LogP contribution in [0.15, 0.2) is 5.38 Å². The van der Waals surface area contributed by atoms with Crippen molar-refractivity contribution in [3.63, 3.8) is 0 Å². The number of aliphatic hydroxyl groups is 1. The van der Waals surface area contributed by atoms with Crippen molar-refractivity contribution < 1.29 is 9.90 Å². The van der Waals surface area contributed by atoms with E-state index < -0.39 is 0 Å². The molecule has 0 aliphatic carbocycles. The lowest BCUT2D eigenvalue weighted by molar-refractivity contribution is 0.0648. The minimum atomic E-state index is -0.00594. The quantitative estimate of drug-likeness (QED) is 0.849. The van der Waals surface area contributed by atoms with Gasteiger partial charge in [0.2, 0.25) is 0 Å². The normalized spacial score (nSPS) is 20.1. The van der Waals surface area contributed by atoms with Gasteiger partial charge in [0, 0.05) is 31.6 Å². The smallest absolute Gasteiger partial charge is 0.273 e. The number of carbonyl (C=O) groups excluding carboxylic acids is 1. The summed E-state index contributed by atoms with van der Waals surface area (Å²) in [6.45, 7) is 2.09. The molecular formula is C12H19N3O2S. The topological polar surface area (TPSA) is 79.5 Å². The molecule has 6 heteroatoms. The molecule has 1 atom stereocenters. The van der Waals surface area contributed by atoms with E-state index in [1.54, 1.807) is 5.38 Å². The second kappa shape index (κ2) is 6.26. The van der Waals surface area contributed by atoms with Crippen LogP contribution in [0.3, 0.4) is 0 Å². The molecule has 1 aliphatic rings. The maximum absolute atomic E-state index is 12.2. The third-order valence-corrected chi connectivity index (χ3v) is 4.16. The van der Waals surface area contributed by atoms with Crippen molar-refractivity contribution in [2.24, 2.45) is 11.7 Å². The van der Waals surface area contributed by atoms with Crippen molar-refractivity contribution in [1.82, 2.24) is 9.88 Å². The Balaban J connectivity index is 1.99. The molecule has 3 N–H and O–H groups in total. The molecule has 0 radical (unpaired) electrons. The molecule has 0 saturated carbocycles. The molecule has 1 saturated heterocycles. The lowest BCUT2D eigenvalue weighted by atomic mass is 9.95. The van der Waals surface area contributed by atoms with Crippen LogP contribution in [0.4, 0.5) is 0 Å². The van der Waals surface area contributed by atoms with Gasteiger partial charge in [-0.3, -0.25) is 4.79 Å². The summed E-state index contributed by atoms with van der Waals surface area (Å²) in [5, 5.41) is 11.5. The zero-order valence-corrected chi connectivity index (χ0v) is 11.2. The number of nitrogens with zero attached hydrogens (tertiary/aromatic N) is 2. The Kier molecular flexibility index (Phi) is 4.68. The fraction of sp³-hybridized carbons (Fsp3) is 0.667. The number of rotatable bonds is 4. The Hall–Kier alpha value is -0.980. The van der Waals surface area contributed by atoms with Crippen LogP contribution in [-0.4, -0.2) is 40.6 Å². The first-order valence-corrected chi connectivity index (χ1v) is 7.17. The predicted octanol–water partition coefficient (Wildman–Crippen LogP) is 0.836. The van der Waals surface area contributed by atoms with Crippen LogP contribution >= 0.6 is 11.3 Å². The summed E-state index contributed by atoms with van der Waals surface area (Å²) in [4.78, 5) is 18.3. The average molecular weight is 269 g/mol. The third kappa shape index (κ3) is 3.07. The molecule has 100 valence electrons. The maximum atomic E-state index is 12.2. The number of thiazole rings is 1. The van der Waals surface area contributed by atoms with Crippen LogP contribution in [0.25, 0.3) is 0 Å². The Morgan fingerprint density at radius 1 is 1.67 bits per heavy atom. The van der Waals surface area contributed by atoms with Crippen molar-refractivity contribution in [1.29, 1.82) is 0 Å². The highest BCUT2D eigenvalue weighted by Crippen LogP contribution is 2.21. The first kappa shape index (κ1) is 13.5. The number of nitrogens with two attached hydrogens (primary N) is 1. The summed E-state index contributed by atoms with van der Waals surface area (Å²) >= 11 is 1.43. The van der Waals surface area contributed by atoms with E-state index in [1.807, 2.05) is 4.90 Å². The molecule has 1 amide bonds. The van der Waals surface area contributed by atoms with E-state index in [9.17, 15) is 4.79 Å². The lowest BCUT2D eigenvalue weighted by Crippen LogP contribution is -2.40. The van der Waals surface area contributed by atoms with Crippen molar-refractivity contribution in [2.75, 3.05) is 19.7 Å². The summed E-state index contributed by atoms with van der Waals surface area (Å²) in [7, 11) is 0. The first-order valence-electron chi connectivity index (χ1n) is 6.29. The number of likely N-dealkylation sites (tertiary alicyclic amines) is 1. The van der Waals surface area contributed by atoms with Crippen LogP contribution < -0.4 is 5.73 Å². The van der Waals surface area contributed by atoms with Crippen LogP contribution in [0, 0.1) is 5.92 Å². The molecule has 1 aliphatic heterocycles. The second-order valence-corrected chi connectivity index (χ2v) is 5.54. The van der Waals surface area contributed by atoms with Gasteiger partial charge in [-0.15, -0.1) is 11.3 Å². The fourth-order valence-electron chi connectivity index (χ4n) is 2.33. The minimum Gasteiger partial charge on any atom is -0.396 e. The van der Waals surface area contributed by atoms with Gasteiger partial charge in [-0.2, -0.15) is 0 Å². The van der Waals surface area contributed by atoms with Crippen LogP contribution in [0.2, 0.25) is 0 Å². The number of amides is 1. The number of carbonyl (C=O) groups is 1. The van der Waals surface area contributed by atoms with Crippen LogP contribution in [0.5, 0.6) is 0 Å². The number of piperidine rings is 1. The Morgan fingerprint density at radius 3 is 3.17 bits per heavy atom. The number of hydrogen-bond donors (Lipinski definition) is 2. The SMILES string of the molecule is NCc1nc(C(=O)N2CCCC(CCO)C2)cs1. The van der Waals surface area contributed by atoms with Gasteiger partial charge in [0.15, 0.2) is 0 Å². The minimum absolute atomic E-state index is 0.00594. The van der Waals surface area contributed by atoms with E-state index in [2.05, 4.69) is 4.98 Å². The lowest BCUT2D eigenvalue weighted by Gasteiger charge is -2.32. The van der Waals surface area contributed by atoms with Gasteiger partial charge in [-0.25, -0.2) is 4.98 Å². The monoisotopic (exact) mass is 269 g/mol. The van der Waals surface area contributed by atoms with Gasteiger partial charge in [-0.1, -0.05) is 0 Å². The van der Waals surface area contributed by atoms with E-state index >= 15 is 0 Å². The van der Waals surface area contributed by atoms with E-state index in [-0.39, 0.29) is 12.5 Å². The Morgan fingerprint density at radius 2 is 2.50 bits per heavy atom. The molecule has 5 nitrogen and oxygen atoms in total. The molecule has 1 unspecified atom stereocenters. The highest BCUT2D eigenvalue weighted by atomic mass is 32.1. The summed E-state index contributed by atoms with van der Waals surface area (Å²) in [6, 6.07) is 0. The molecule has 0 aromatic carbocycles. The summed E-state index contributed by atoms with van der Waals surface area (Å²) in [5.41, 5.74) is 6.00. The van der Waals surface area contributed by atoms with Crippen LogP contribution in [0.1, 0.15) is 34.8 Å². The zero-order valence-electron chi connectivity index (χ0n) is 10.3. The summed E-state index contributed by atoms with van der Waals surface area (Å²) in [5.74, 6) is 0.411. The van der Waals surface area contributed by atoms with Crippen molar-refractivity contribution in [2.45, 2.75) is 25.8 Å². The molecule has 0 bridgehead atoms. The van der Waals surface area contributed by atoms with Crippen molar-refractivity contribution in [3.05, 3.63) is 16.1 Å². The molecule has 1 aromatic rings. The van der Waals surface area contributed by atoms with Gasteiger partial charge in [0.05, 0.1) is 0 Å². The number of hydrogen-bond acceptors (Lipinski definition) is 5. The molecule has 18 heavy (non-hydrogen) atoms. The third-order valence-electron chi connectivity index (χ3n) is 3.29. The molecule has 2 heterocycles. The first-order chi connectivity index (χ1) is 8.74. The van der Waals surface area contributed by atoms with E-state index in [0.717, 1.165) is 37.4 Å². The largest absolute Gasteiger partial charge is 0.396 e. The maximum Gasteiger partial charge on any atom is 0.273 e. The molecule has 1 aromatic heterocycles. The summed E-state index contributed by atoms with van der Waals surface area (Å²) in [6.07, 6.45) is 2.87. The van der Waals surface area contributed by atoms with Gasteiger partial charge in [-0.05, 0) is 25.2 Å². The van der Waals surface area contributed by atoms with Gasteiger partial charge >= 0.3 is 0 Å². The molecular weight excluding hydrogens is 250 g/mol. The summed E-state index contributed by atoms with van der Waals surface area (Å²) < 4.78 is 0. The Bertz CT molecular complexity index is 406. The fourth-order valence-corrected chi connectivity index (χ4v) is 2.98. The van der Waals surface area contributed by atoms with Crippen molar-refractivity contribution in [3.8, 4) is 0 Å². The predicted molar refractivity (Wildman–Crippen MR) is 70.3 cm³/mol. The van der Waals surface area contributed by atoms with E-state index in [0.29, 0.717) is 18.2 Å². The number of aliphatic hydroxyl groups excluding tert-OH is 1. The highest BCUT2D eigenvalue weighted by molar-refractivity contribution is 7.09. The van der Waals surface area contributed by atoms with Gasteiger partial charge in [0.1, 0.15) is 10.7 Å². The second-order valence-electron chi connectivity index (χ2n) is 4.60. The van der Waals surface area contributed by atoms with Crippen LogP contribution in [-0.2, 0) is 6.54 Å².